The molecule has 0 aromatic heterocycles. The van der Waals surface area contributed by atoms with E-state index in [0.29, 0.717) is 0 Å². The number of hydrogen-bond donors (Lipinski definition) is 0. The molecule has 0 saturated carbocycles. The molecule has 98 valence electrons. The smallest absolute Gasteiger partial charge is 0.411 e. The van der Waals surface area contributed by atoms with Gasteiger partial charge in [-0.15, -0.1) is 0 Å². The van der Waals surface area contributed by atoms with Gasteiger partial charge in [-0.1, -0.05) is 0 Å². The van der Waals surface area contributed by atoms with E-state index >= 15 is 0 Å². The molecule has 1 heterocycles. The first-order valence-corrected chi connectivity index (χ1v) is 5.72. The number of ketones is 1. The highest BCUT2D eigenvalue weighted by molar-refractivity contribution is 5.90. The number of halogens is 1. The van der Waals surface area contributed by atoms with Crippen molar-refractivity contribution in [2.24, 2.45) is 0 Å². The molecule has 4 nitrogen and oxygen atoms in total. The molecule has 2 atom stereocenters. The van der Waals surface area contributed by atoms with Crippen molar-refractivity contribution in [2.75, 3.05) is 6.54 Å². The normalized spacial score (nSPS) is 29.3. The van der Waals surface area contributed by atoms with Gasteiger partial charge in [0.1, 0.15) is 17.3 Å². The van der Waals surface area contributed by atoms with E-state index < -0.39 is 23.4 Å². The van der Waals surface area contributed by atoms with Crippen LogP contribution in [0.25, 0.3) is 0 Å². The third kappa shape index (κ3) is 2.96. The first-order valence-electron chi connectivity index (χ1n) is 5.72. The maximum atomic E-state index is 13.4. The van der Waals surface area contributed by atoms with Crippen LogP contribution in [0.2, 0.25) is 0 Å². The van der Waals surface area contributed by atoms with Crippen LogP contribution in [-0.4, -0.2) is 40.6 Å². The summed E-state index contributed by atoms with van der Waals surface area (Å²) in [5.74, 6) is -0.219. The summed E-state index contributed by atoms with van der Waals surface area (Å²) in [6.45, 7) is 8.08. The Kier molecular flexibility index (Phi) is 3.50. The minimum atomic E-state index is -1.17. The summed E-state index contributed by atoms with van der Waals surface area (Å²) in [7, 11) is 0. The van der Waals surface area contributed by atoms with Crippen molar-refractivity contribution < 1.29 is 18.7 Å². The number of hydrogen-bond acceptors (Lipinski definition) is 3. The number of carbonyl (C=O) groups is 2. The molecule has 0 aliphatic carbocycles. The van der Waals surface area contributed by atoms with Gasteiger partial charge in [0.15, 0.2) is 5.78 Å². The molecule has 0 radical (unpaired) electrons. The van der Waals surface area contributed by atoms with E-state index in [1.165, 1.54) is 11.8 Å². The molecular formula is C12H20FNO3. The van der Waals surface area contributed by atoms with Crippen LogP contribution in [0.3, 0.4) is 0 Å². The summed E-state index contributed by atoms with van der Waals surface area (Å²) in [4.78, 5) is 24.7. The number of rotatable bonds is 1. The number of Topliss-reactive ketones (excluding diaryl/α,β-unsaturated/α-hetero) is 1. The number of likely N-dealkylation sites (tertiary alicyclic amines) is 1. The van der Waals surface area contributed by atoms with Crippen LogP contribution in [0.4, 0.5) is 9.18 Å². The average molecular weight is 245 g/mol. The lowest BCUT2D eigenvalue weighted by molar-refractivity contribution is -0.126. The molecule has 5 heteroatoms. The average Bonchev–Trinajstić information content (AvgIpc) is 2.40. The van der Waals surface area contributed by atoms with E-state index in [1.54, 1.807) is 27.7 Å². The highest BCUT2D eigenvalue weighted by atomic mass is 19.1. The van der Waals surface area contributed by atoms with Gasteiger partial charge < -0.3 is 4.74 Å². The van der Waals surface area contributed by atoms with Crippen LogP contribution in [0.15, 0.2) is 0 Å². The molecule has 0 spiro atoms. The van der Waals surface area contributed by atoms with Crippen molar-refractivity contribution in [1.82, 2.24) is 4.90 Å². The van der Waals surface area contributed by atoms with Gasteiger partial charge in [-0.2, -0.15) is 0 Å². The summed E-state index contributed by atoms with van der Waals surface area (Å²) in [5.41, 5.74) is -1.73. The second-order valence-electron chi connectivity index (χ2n) is 5.72. The van der Waals surface area contributed by atoms with Gasteiger partial charge in [-0.25, -0.2) is 9.18 Å². The van der Waals surface area contributed by atoms with Crippen molar-refractivity contribution >= 4 is 11.9 Å². The Hall–Kier alpha value is -1.13. The number of amides is 1. The Balaban J connectivity index is 2.88. The monoisotopic (exact) mass is 245 g/mol. The molecule has 0 aromatic carbocycles. The zero-order valence-corrected chi connectivity index (χ0v) is 11.0. The first kappa shape index (κ1) is 13.9. The maximum Gasteiger partial charge on any atom is 0.411 e. The molecule has 0 N–H and O–H groups in total. The van der Waals surface area contributed by atoms with E-state index in [9.17, 15) is 14.0 Å². The van der Waals surface area contributed by atoms with Crippen LogP contribution < -0.4 is 0 Å². The van der Waals surface area contributed by atoms with Gasteiger partial charge >= 0.3 is 6.09 Å². The van der Waals surface area contributed by atoms with Crippen LogP contribution in [0, 0.1) is 0 Å². The fraction of sp³-hybridized carbons (Fsp3) is 0.833. The van der Waals surface area contributed by atoms with E-state index in [-0.39, 0.29) is 18.7 Å². The number of ether oxygens (including phenoxy) is 1. The zero-order chi connectivity index (χ0) is 13.4. The topological polar surface area (TPSA) is 46.6 Å². The molecular weight excluding hydrogens is 225 g/mol. The number of alkyl halides is 1. The highest BCUT2D eigenvalue weighted by Gasteiger charge is 2.49. The predicted octanol–water partition coefficient (Wildman–Crippen LogP) is 2.31. The van der Waals surface area contributed by atoms with Crippen molar-refractivity contribution in [3.8, 4) is 0 Å². The lowest BCUT2D eigenvalue weighted by Gasteiger charge is -2.33. The summed E-state index contributed by atoms with van der Waals surface area (Å²) in [5, 5.41) is 0. The summed E-state index contributed by atoms with van der Waals surface area (Å²) < 4.78 is 18.6. The van der Waals surface area contributed by atoms with E-state index in [1.807, 2.05) is 0 Å². The Bertz CT molecular complexity index is 337. The summed E-state index contributed by atoms with van der Waals surface area (Å²) in [6, 6.07) is 0. The van der Waals surface area contributed by atoms with Crippen molar-refractivity contribution in [3.63, 3.8) is 0 Å². The van der Waals surface area contributed by atoms with E-state index in [4.69, 9.17) is 4.74 Å². The minimum Gasteiger partial charge on any atom is -0.444 e. The zero-order valence-electron chi connectivity index (χ0n) is 11.0. The molecule has 1 saturated heterocycles. The predicted molar refractivity (Wildman–Crippen MR) is 61.5 cm³/mol. The van der Waals surface area contributed by atoms with E-state index in [0.717, 1.165) is 0 Å². The molecule has 1 fully saturated rings. The molecule has 1 aliphatic heterocycles. The maximum absolute atomic E-state index is 13.4. The Morgan fingerprint density at radius 3 is 2.35 bits per heavy atom. The van der Waals surface area contributed by atoms with Gasteiger partial charge in [0, 0.05) is 6.42 Å². The first-order chi connectivity index (χ1) is 7.56. The Morgan fingerprint density at radius 2 is 1.94 bits per heavy atom. The number of carbonyl (C=O) groups excluding carboxylic acids is 2. The van der Waals surface area contributed by atoms with Gasteiger partial charge in [0.05, 0.1) is 6.54 Å². The Morgan fingerprint density at radius 1 is 1.41 bits per heavy atom. The third-order valence-corrected chi connectivity index (χ3v) is 2.97. The SMILES string of the molecule is CC(=O)[C@]1(C)CC(F)CN1C(=O)OC(C)(C)C. The molecule has 1 unspecified atom stereocenters. The van der Waals surface area contributed by atoms with Gasteiger partial charge in [-0.3, -0.25) is 9.69 Å². The molecule has 1 aliphatic rings. The van der Waals surface area contributed by atoms with Crippen LogP contribution in [0.1, 0.15) is 41.0 Å². The van der Waals surface area contributed by atoms with Gasteiger partial charge in [0.2, 0.25) is 0 Å². The minimum absolute atomic E-state index is 0.0432. The second-order valence-corrected chi connectivity index (χ2v) is 5.72. The van der Waals surface area contributed by atoms with Gasteiger partial charge in [-0.05, 0) is 34.6 Å². The van der Waals surface area contributed by atoms with Crippen molar-refractivity contribution in [2.45, 2.75) is 58.4 Å². The van der Waals surface area contributed by atoms with E-state index in [2.05, 4.69) is 0 Å². The molecule has 0 aromatic rings. The number of nitrogens with zero attached hydrogens (tertiary/aromatic N) is 1. The van der Waals surface area contributed by atoms with Crippen LogP contribution in [-0.2, 0) is 9.53 Å². The molecule has 1 rings (SSSR count). The third-order valence-electron chi connectivity index (χ3n) is 2.97. The fourth-order valence-electron chi connectivity index (χ4n) is 1.93. The van der Waals surface area contributed by atoms with Crippen molar-refractivity contribution in [3.05, 3.63) is 0 Å². The Labute approximate surface area is 101 Å². The standard InChI is InChI=1S/C12H20FNO3/c1-8(15)12(5)6-9(13)7-14(12)10(16)17-11(2,3)4/h9H,6-7H2,1-5H3/t9?,12-/m0/s1. The molecule has 1 amide bonds. The summed E-state index contributed by atoms with van der Waals surface area (Å²) >= 11 is 0. The summed E-state index contributed by atoms with van der Waals surface area (Å²) in [6.07, 6.45) is -1.76. The van der Waals surface area contributed by atoms with Crippen LogP contribution in [0.5, 0.6) is 0 Å². The van der Waals surface area contributed by atoms with Crippen LogP contribution >= 0.6 is 0 Å². The quantitative estimate of drug-likeness (QED) is 0.712. The lowest BCUT2D eigenvalue weighted by atomic mass is 9.94. The molecule has 0 bridgehead atoms. The largest absolute Gasteiger partial charge is 0.444 e. The second kappa shape index (κ2) is 4.27. The fourth-order valence-corrected chi connectivity index (χ4v) is 1.93. The highest BCUT2D eigenvalue weighted by Crippen LogP contribution is 2.33. The van der Waals surface area contributed by atoms with Gasteiger partial charge in [0.25, 0.3) is 0 Å². The van der Waals surface area contributed by atoms with Crippen molar-refractivity contribution in [1.29, 1.82) is 0 Å². The molecule has 17 heavy (non-hydrogen) atoms. The lowest BCUT2D eigenvalue weighted by Crippen LogP contribution is -2.51.